The van der Waals surface area contributed by atoms with E-state index in [4.69, 9.17) is 9.47 Å². The van der Waals surface area contributed by atoms with E-state index in [0.29, 0.717) is 29.3 Å². The first-order valence-corrected chi connectivity index (χ1v) is 8.37. The summed E-state index contributed by atoms with van der Waals surface area (Å²) in [6, 6.07) is 3.02. The van der Waals surface area contributed by atoms with E-state index in [2.05, 4.69) is 9.59 Å². The van der Waals surface area contributed by atoms with Crippen LogP contribution in [0, 0.1) is 0 Å². The van der Waals surface area contributed by atoms with Gasteiger partial charge < -0.3 is 19.5 Å². The lowest BCUT2D eigenvalue weighted by molar-refractivity contribution is -0.138. The third-order valence-electron chi connectivity index (χ3n) is 4.20. The van der Waals surface area contributed by atoms with Crippen molar-refractivity contribution in [1.82, 2.24) is 14.5 Å². The standard InChI is InChI=1S/C16H17N3O5S/c1-23-12-5-9-3-4-19(16(22)14-8-17-18-25-14)11(7-15(20)21)10(9)6-13(12)24-2/h5-6,8,11H,3-4,7H2,1-2H3,(H,20,21)/t11-/m0/s1. The first-order valence-electron chi connectivity index (χ1n) is 7.60. The number of hydrogen-bond acceptors (Lipinski definition) is 7. The first kappa shape index (κ1) is 17.2. The monoisotopic (exact) mass is 363 g/mol. The Hall–Kier alpha value is -2.68. The fourth-order valence-electron chi connectivity index (χ4n) is 3.06. The lowest BCUT2D eigenvalue weighted by Gasteiger charge is -2.36. The van der Waals surface area contributed by atoms with Crippen LogP contribution in [-0.2, 0) is 11.2 Å². The number of ether oxygens (including phenoxy) is 2. The minimum atomic E-state index is -0.979. The number of aliphatic carboxylic acids is 1. The van der Waals surface area contributed by atoms with E-state index in [1.807, 2.05) is 6.07 Å². The Morgan fingerprint density at radius 3 is 2.64 bits per heavy atom. The van der Waals surface area contributed by atoms with E-state index < -0.39 is 12.0 Å². The number of hydrogen-bond donors (Lipinski definition) is 1. The summed E-state index contributed by atoms with van der Waals surface area (Å²) in [6.07, 6.45) is 1.80. The predicted octanol–water partition coefficient (Wildman–Crippen LogP) is 1.77. The van der Waals surface area contributed by atoms with Crippen LogP contribution < -0.4 is 9.47 Å². The van der Waals surface area contributed by atoms with E-state index in [1.165, 1.54) is 13.3 Å². The number of aromatic nitrogens is 2. The molecule has 0 unspecified atom stereocenters. The largest absolute Gasteiger partial charge is 0.493 e. The molecule has 3 rings (SSSR count). The van der Waals surface area contributed by atoms with Crippen molar-refractivity contribution in [2.75, 3.05) is 20.8 Å². The molecule has 0 spiro atoms. The molecule has 1 amide bonds. The Bertz CT molecular complexity index is 793. The lowest BCUT2D eigenvalue weighted by Crippen LogP contribution is -2.40. The van der Waals surface area contributed by atoms with E-state index in [0.717, 1.165) is 22.7 Å². The number of carboxylic acid groups (broad SMARTS) is 1. The molecule has 0 saturated carbocycles. The van der Waals surface area contributed by atoms with Crippen molar-refractivity contribution < 1.29 is 24.2 Å². The SMILES string of the molecule is COc1cc2c(cc1OC)[C@H](CC(=O)O)N(C(=O)c1cnns1)CC2. The highest BCUT2D eigenvalue weighted by Gasteiger charge is 2.34. The summed E-state index contributed by atoms with van der Waals surface area (Å²) in [5, 5.41) is 13.0. The zero-order valence-corrected chi connectivity index (χ0v) is 14.6. The molecule has 1 atom stereocenters. The lowest BCUT2D eigenvalue weighted by atomic mass is 9.90. The van der Waals surface area contributed by atoms with Crippen LogP contribution in [-0.4, -0.2) is 52.2 Å². The average Bonchev–Trinajstić information content (AvgIpc) is 3.14. The first-order chi connectivity index (χ1) is 12.0. The summed E-state index contributed by atoms with van der Waals surface area (Å²) in [5.74, 6) is -0.151. The van der Waals surface area contributed by atoms with Crippen molar-refractivity contribution in [1.29, 1.82) is 0 Å². The van der Waals surface area contributed by atoms with Gasteiger partial charge in [0.05, 0.1) is 32.9 Å². The number of benzene rings is 1. The van der Waals surface area contributed by atoms with Gasteiger partial charge in [0.25, 0.3) is 5.91 Å². The minimum absolute atomic E-state index is 0.194. The Morgan fingerprint density at radius 2 is 2.04 bits per heavy atom. The van der Waals surface area contributed by atoms with Gasteiger partial charge in [-0.1, -0.05) is 4.49 Å². The van der Waals surface area contributed by atoms with E-state index in [-0.39, 0.29) is 12.3 Å². The molecule has 1 aliphatic rings. The zero-order valence-electron chi connectivity index (χ0n) is 13.8. The van der Waals surface area contributed by atoms with Crippen molar-refractivity contribution in [2.45, 2.75) is 18.9 Å². The van der Waals surface area contributed by atoms with Crippen LogP contribution in [0.1, 0.15) is 33.3 Å². The Labute approximate surface area is 148 Å². The van der Waals surface area contributed by atoms with Gasteiger partial charge in [0.15, 0.2) is 11.5 Å². The second-order valence-electron chi connectivity index (χ2n) is 5.55. The van der Waals surface area contributed by atoms with Gasteiger partial charge in [0.1, 0.15) is 4.88 Å². The topological polar surface area (TPSA) is 102 Å². The molecule has 25 heavy (non-hydrogen) atoms. The van der Waals surface area contributed by atoms with Gasteiger partial charge in [-0.3, -0.25) is 9.59 Å². The Kier molecular flexibility index (Phi) is 4.84. The third-order valence-corrected chi connectivity index (χ3v) is 4.86. The molecule has 0 aliphatic carbocycles. The molecule has 132 valence electrons. The van der Waals surface area contributed by atoms with Crippen molar-refractivity contribution in [3.8, 4) is 11.5 Å². The second-order valence-corrected chi connectivity index (χ2v) is 6.34. The summed E-state index contributed by atoms with van der Waals surface area (Å²) in [4.78, 5) is 26.1. The van der Waals surface area contributed by atoms with Crippen LogP contribution in [0.3, 0.4) is 0 Å². The van der Waals surface area contributed by atoms with Crippen LogP contribution in [0.25, 0.3) is 0 Å². The van der Waals surface area contributed by atoms with Crippen LogP contribution >= 0.6 is 11.5 Å². The summed E-state index contributed by atoms with van der Waals surface area (Å²) in [6.45, 7) is 0.414. The highest BCUT2D eigenvalue weighted by Crippen LogP contribution is 2.40. The minimum Gasteiger partial charge on any atom is -0.493 e. The van der Waals surface area contributed by atoms with Gasteiger partial charge in [0.2, 0.25) is 0 Å². The third kappa shape index (κ3) is 3.27. The quantitative estimate of drug-likeness (QED) is 0.864. The van der Waals surface area contributed by atoms with Crippen LogP contribution in [0.2, 0.25) is 0 Å². The molecule has 1 aromatic heterocycles. The molecule has 0 fully saturated rings. The Balaban J connectivity index is 2.04. The summed E-state index contributed by atoms with van der Waals surface area (Å²) in [5.41, 5.74) is 1.72. The number of carbonyl (C=O) groups is 2. The summed E-state index contributed by atoms with van der Waals surface area (Å²) >= 11 is 0.996. The van der Waals surface area contributed by atoms with Gasteiger partial charge in [-0.25, -0.2) is 0 Å². The van der Waals surface area contributed by atoms with E-state index in [1.54, 1.807) is 18.1 Å². The predicted molar refractivity (Wildman–Crippen MR) is 89.2 cm³/mol. The van der Waals surface area contributed by atoms with Crippen LogP contribution in [0.5, 0.6) is 11.5 Å². The van der Waals surface area contributed by atoms with Crippen LogP contribution in [0.15, 0.2) is 18.3 Å². The number of methoxy groups -OCH3 is 2. The molecule has 0 radical (unpaired) electrons. The molecule has 1 aliphatic heterocycles. The maximum Gasteiger partial charge on any atom is 0.305 e. The van der Waals surface area contributed by atoms with Gasteiger partial charge in [0, 0.05) is 6.54 Å². The van der Waals surface area contributed by atoms with Crippen molar-refractivity contribution in [3.05, 3.63) is 34.3 Å². The summed E-state index contributed by atoms with van der Waals surface area (Å²) < 4.78 is 14.4. The summed E-state index contributed by atoms with van der Waals surface area (Å²) in [7, 11) is 3.07. The average molecular weight is 363 g/mol. The fourth-order valence-corrected chi connectivity index (χ4v) is 3.53. The molecule has 1 N–H and O–H groups in total. The molecule has 9 heteroatoms. The molecule has 1 aromatic carbocycles. The van der Waals surface area contributed by atoms with Crippen molar-refractivity contribution in [2.24, 2.45) is 0 Å². The molecule has 0 bridgehead atoms. The maximum absolute atomic E-state index is 12.7. The van der Waals surface area contributed by atoms with E-state index in [9.17, 15) is 14.7 Å². The maximum atomic E-state index is 12.7. The van der Waals surface area contributed by atoms with Gasteiger partial charge >= 0.3 is 5.97 Å². The van der Waals surface area contributed by atoms with Gasteiger partial charge in [-0.15, -0.1) is 5.10 Å². The van der Waals surface area contributed by atoms with Crippen LogP contribution in [0.4, 0.5) is 0 Å². The smallest absolute Gasteiger partial charge is 0.305 e. The normalized spacial score (nSPS) is 16.2. The fraction of sp³-hybridized carbons (Fsp3) is 0.375. The molecule has 8 nitrogen and oxygen atoms in total. The number of rotatable bonds is 5. The number of carboxylic acids is 1. The molecule has 2 aromatic rings. The second kappa shape index (κ2) is 7.06. The zero-order chi connectivity index (χ0) is 18.0. The molecular formula is C16H17N3O5S. The number of fused-ring (bicyclic) bond motifs is 1. The Morgan fingerprint density at radius 1 is 1.32 bits per heavy atom. The highest BCUT2D eigenvalue weighted by atomic mass is 32.1. The number of carbonyl (C=O) groups excluding carboxylic acids is 1. The number of nitrogens with zero attached hydrogens (tertiary/aromatic N) is 3. The molecular weight excluding hydrogens is 346 g/mol. The van der Waals surface area contributed by atoms with Crippen molar-refractivity contribution in [3.63, 3.8) is 0 Å². The van der Waals surface area contributed by atoms with Gasteiger partial charge in [-0.05, 0) is 41.2 Å². The molecule has 0 saturated heterocycles. The van der Waals surface area contributed by atoms with Gasteiger partial charge in [-0.2, -0.15) is 0 Å². The molecule has 2 heterocycles. The van der Waals surface area contributed by atoms with Crippen molar-refractivity contribution >= 4 is 23.4 Å². The van der Waals surface area contributed by atoms with E-state index >= 15 is 0 Å². The highest BCUT2D eigenvalue weighted by molar-refractivity contribution is 7.07. The number of amides is 1.